The zero-order chi connectivity index (χ0) is 17.4. The summed E-state index contributed by atoms with van der Waals surface area (Å²) >= 11 is 0. The first kappa shape index (κ1) is 16.4. The molecule has 5 atom stereocenters. The van der Waals surface area contributed by atoms with Crippen molar-refractivity contribution in [2.45, 2.75) is 72.4 Å². The monoisotopic (exact) mass is 327 g/mol. The lowest BCUT2D eigenvalue weighted by molar-refractivity contribution is -0.00765. The van der Waals surface area contributed by atoms with E-state index in [0.29, 0.717) is 12.0 Å². The average Bonchev–Trinajstić information content (AvgIpc) is 2.79. The van der Waals surface area contributed by atoms with Gasteiger partial charge in [0.05, 0.1) is 0 Å². The van der Waals surface area contributed by atoms with Crippen molar-refractivity contribution >= 4 is 0 Å². The van der Waals surface area contributed by atoms with E-state index >= 15 is 0 Å². The van der Waals surface area contributed by atoms with Crippen molar-refractivity contribution in [3.63, 3.8) is 0 Å². The van der Waals surface area contributed by atoms with E-state index in [0.717, 1.165) is 18.4 Å². The summed E-state index contributed by atoms with van der Waals surface area (Å²) in [6.45, 7) is 16.5. The Labute approximate surface area is 147 Å². The van der Waals surface area contributed by atoms with Crippen LogP contribution in [0.1, 0.15) is 61.4 Å². The van der Waals surface area contributed by atoms with E-state index in [1.165, 1.54) is 41.8 Å². The van der Waals surface area contributed by atoms with E-state index in [-0.39, 0.29) is 5.41 Å². The van der Waals surface area contributed by atoms with Crippen LogP contribution in [0.25, 0.3) is 0 Å². The van der Waals surface area contributed by atoms with Crippen molar-refractivity contribution in [2.24, 2.45) is 17.8 Å². The molecule has 2 nitrogen and oxygen atoms in total. The molecule has 5 unspecified atom stereocenters. The van der Waals surface area contributed by atoms with Gasteiger partial charge in [-0.15, -0.1) is 0 Å². The van der Waals surface area contributed by atoms with Crippen molar-refractivity contribution in [2.75, 3.05) is 13.6 Å². The van der Waals surface area contributed by atoms with Crippen LogP contribution in [0, 0.1) is 38.5 Å². The predicted octanol–water partition coefficient (Wildman–Crippen LogP) is 4.76. The molecular formula is C22H33NO. The van der Waals surface area contributed by atoms with E-state index in [1.54, 1.807) is 11.1 Å². The highest BCUT2D eigenvalue weighted by Crippen LogP contribution is 2.61. The van der Waals surface area contributed by atoms with Crippen LogP contribution in [0.15, 0.2) is 0 Å². The number of benzene rings is 1. The summed E-state index contributed by atoms with van der Waals surface area (Å²) in [7, 11) is 2.29. The number of nitrogens with zero attached hydrogens (tertiary/aromatic N) is 1. The van der Waals surface area contributed by atoms with Gasteiger partial charge in [0.25, 0.3) is 0 Å². The minimum Gasteiger partial charge on any atom is -0.489 e. The summed E-state index contributed by atoms with van der Waals surface area (Å²) in [5, 5.41) is 0. The van der Waals surface area contributed by atoms with Gasteiger partial charge in [-0.25, -0.2) is 0 Å². The molecule has 132 valence electrons. The van der Waals surface area contributed by atoms with Crippen LogP contribution >= 0.6 is 0 Å². The Morgan fingerprint density at radius 1 is 1.04 bits per heavy atom. The molecule has 2 heteroatoms. The first-order valence-electron chi connectivity index (χ1n) is 9.77. The van der Waals surface area contributed by atoms with Crippen LogP contribution in [0.2, 0.25) is 0 Å². The second-order valence-electron chi connectivity index (χ2n) is 9.05. The minimum absolute atomic E-state index is 0.227. The lowest BCUT2D eigenvalue weighted by atomic mass is 9.54. The molecule has 24 heavy (non-hydrogen) atoms. The fraction of sp³-hybridized carbons (Fsp3) is 0.727. The van der Waals surface area contributed by atoms with E-state index < -0.39 is 0 Å². The van der Waals surface area contributed by atoms with Crippen molar-refractivity contribution in [3.05, 3.63) is 27.8 Å². The van der Waals surface area contributed by atoms with Crippen molar-refractivity contribution in [1.82, 2.24) is 4.90 Å². The molecule has 0 N–H and O–H groups in total. The Balaban J connectivity index is 2.03. The van der Waals surface area contributed by atoms with Gasteiger partial charge >= 0.3 is 0 Å². The molecule has 3 aliphatic rings. The SMILES string of the molecule is Cc1c(C)c2c3c(c1C)OC1CC(C)C(C)C(C)C31CCN(C)C2. The molecule has 0 radical (unpaired) electrons. The molecule has 4 rings (SSSR count). The van der Waals surface area contributed by atoms with E-state index in [2.05, 4.69) is 53.5 Å². The normalized spacial score (nSPS) is 38.3. The van der Waals surface area contributed by atoms with Crippen LogP contribution in [0.5, 0.6) is 5.75 Å². The molecule has 2 heterocycles. The van der Waals surface area contributed by atoms with Crippen LogP contribution < -0.4 is 4.74 Å². The maximum Gasteiger partial charge on any atom is 0.127 e. The molecule has 0 aromatic heterocycles. The topological polar surface area (TPSA) is 12.5 Å². The molecule has 1 aromatic rings. The maximum atomic E-state index is 6.75. The number of hydrogen-bond acceptors (Lipinski definition) is 2. The Bertz CT molecular complexity index is 694. The van der Waals surface area contributed by atoms with E-state index in [1.807, 2.05) is 0 Å². The van der Waals surface area contributed by atoms with Gasteiger partial charge in [-0.1, -0.05) is 20.8 Å². The van der Waals surface area contributed by atoms with Crippen molar-refractivity contribution < 1.29 is 4.74 Å². The number of rotatable bonds is 0. The number of hydrogen-bond donors (Lipinski definition) is 0. The minimum atomic E-state index is 0.227. The Hall–Kier alpha value is -1.02. The highest BCUT2D eigenvalue weighted by molar-refractivity contribution is 5.61. The van der Waals surface area contributed by atoms with Gasteiger partial charge in [0, 0.05) is 17.5 Å². The van der Waals surface area contributed by atoms with Gasteiger partial charge in [-0.3, -0.25) is 0 Å². The third-order valence-electron chi connectivity index (χ3n) is 8.17. The Morgan fingerprint density at radius 3 is 2.46 bits per heavy atom. The first-order chi connectivity index (χ1) is 11.3. The largest absolute Gasteiger partial charge is 0.489 e. The first-order valence-corrected chi connectivity index (χ1v) is 9.77. The molecule has 0 amide bonds. The van der Waals surface area contributed by atoms with Gasteiger partial charge in [0.2, 0.25) is 0 Å². The summed E-state index contributed by atoms with van der Waals surface area (Å²) in [4.78, 5) is 2.52. The molecule has 1 aromatic carbocycles. The van der Waals surface area contributed by atoms with E-state index in [9.17, 15) is 0 Å². The van der Waals surface area contributed by atoms with Gasteiger partial charge in [0.15, 0.2) is 0 Å². The van der Waals surface area contributed by atoms with Crippen molar-refractivity contribution in [1.29, 1.82) is 0 Å². The third kappa shape index (κ3) is 1.87. The quantitative estimate of drug-likeness (QED) is 0.681. The smallest absolute Gasteiger partial charge is 0.127 e. The summed E-state index contributed by atoms with van der Waals surface area (Å²) in [5.41, 5.74) is 7.72. The molecule has 1 aliphatic carbocycles. The molecule has 1 saturated carbocycles. The molecule has 2 aliphatic heterocycles. The third-order valence-corrected chi connectivity index (χ3v) is 8.17. The second-order valence-corrected chi connectivity index (χ2v) is 9.05. The summed E-state index contributed by atoms with van der Waals surface area (Å²) in [6.07, 6.45) is 2.83. The van der Waals surface area contributed by atoms with Crippen molar-refractivity contribution in [3.8, 4) is 5.75 Å². The Morgan fingerprint density at radius 2 is 1.75 bits per heavy atom. The molecule has 1 spiro atoms. The standard InChI is InChI=1S/C22H33NO/c1-12-10-19-22(17(6)13(12)2)8-9-23(7)11-18-15(4)14(3)16(5)21(24-19)20(18)22/h12-13,17,19H,8-11H2,1-7H3. The fourth-order valence-corrected chi connectivity index (χ4v) is 5.97. The summed E-state index contributed by atoms with van der Waals surface area (Å²) < 4.78 is 6.75. The molecule has 0 saturated heterocycles. The van der Waals surface area contributed by atoms with Crippen LogP contribution in [0.3, 0.4) is 0 Å². The summed E-state index contributed by atoms with van der Waals surface area (Å²) in [6, 6.07) is 0. The average molecular weight is 328 g/mol. The maximum absolute atomic E-state index is 6.75. The van der Waals surface area contributed by atoms with Gasteiger partial charge in [0.1, 0.15) is 11.9 Å². The second kappa shape index (κ2) is 5.24. The molecular weight excluding hydrogens is 294 g/mol. The fourth-order valence-electron chi connectivity index (χ4n) is 5.97. The van der Waals surface area contributed by atoms with Gasteiger partial charge < -0.3 is 9.64 Å². The highest BCUT2D eigenvalue weighted by atomic mass is 16.5. The summed E-state index contributed by atoms with van der Waals surface area (Å²) in [5.74, 6) is 3.44. The van der Waals surface area contributed by atoms with E-state index in [4.69, 9.17) is 4.74 Å². The van der Waals surface area contributed by atoms with Gasteiger partial charge in [-0.2, -0.15) is 0 Å². The molecule has 0 bridgehead atoms. The molecule has 1 fully saturated rings. The van der Waals surface area contributed by atoms with Gasteiger partial charge in [-0.05, 0) is 87.2 Å². The predicted molar refractivity (Wildman–Crippen MR) is 99.8 cm³/mol. The zero-order valence-electron chi connectivity index (χ0n) is 16.5. The van der Waals surface area contributed by atoms with Crippen LogP contribution in [-0.2, 0) is 12.0 Å². The lowest BCUT2D eigenvalue weighted by Gasteiger charge is -2.49. The highest BCUT2D eigenvalue weighted by Gasteiger charge is 2.59. The van der Waals surface area contributed by atoms with Crippen LogP contribution in [0.4, 0.5) is 0 Å². The Kier molecular flexibility index (Phi) is 3.59. The zero-order valence-corrected chi connectivity index (χ0v) is 16.5. The van der Waals surface area contributed by atoms with Crippen LogP contribution in [-0.4, -0.2) is 24.6 Å². The lowest BCUT2D eigenvalue weighted by Crippen LogP contribution is -2.52. The number of ether oxygens (including phenoxy) is 1.